The lowest BCUT2D eigenvalue weighted by atomic mass is 10.0. The van der Waals surface area contributed by atoms with Crippen LogP contribution in [0.4, 0.5) is 4.39 Å². The summed E-state index contributed by atoms with van der Waals surface area (Å²) in [5, 5.41) is 0.487. The molecule has 1 fully saturated rings. The minimum Gasteiger partial charge on any atom is -0.494 e. The van der Waals surface area contributed by atoms with Crippen LogP contribution in [0, 0.1) is 5.82 Å². The lowest BCUT2D eigenvalue weighted by molar-refractivity contribution is 0.161. The summed E-state index contributed by atoms with van der Waals surface area (Å²) < 4.78 is 18.4. The van der Waals surface area contributed by atoms with Gasteiger partial charge in [0, 0.05) is 26.2 Å². The number of benzene rings is 1. The van der Waals surface area contributed by atoms with Crippen molar-refractivity contribution in [1.29, 1.82) is 0 Å². The van der Waals surface area contributed by atoms with Gasteiger partial charge in [-0.1, -0.05) is 0 Å². The van der Waals surface area contributed by atoms with Gasteiger partial charge in [-0.05, 0) is 68.7 Å². The molecule has 0 aliphatic carbocycles. The van der Waals surface area contributed by atoms with Gasteiger partial charge in [-0.15, -0.1) is 0 Å². The Kier molecular flexibility index (Phi) is 7.05. The fourth-order valence-corrected chi connectivity index (χ4v) is 3.02. The standard InChI is InChI=1S/C17H26FN3OS/c1-20(17(19)23)15-8-11-21(12-9-15)10-2-3-13-22-16-6-4-14(18)5-7-16/h4-7,15H,2-3,8-13H2,1H3,(H2,19,23). The number of piperidine rings is 1. The summed E-state index contributed by atoms with van der Waals surface area (Å²) in [5.74, 6) is 0.495. The number of nitrogens with zero attached hydrogens (tertiary/aromatic N) is 2. The van der Waals surface area contributed by atoms with Crippen LogP contribution in [0.1, 0.15) is 25.7 Å². The van der Waals surface area contributed by atoms with Crippen molar-refractivity contribution in [2.75, 3.05) is 33.3 Å². The maximum atomic E-state index is 12.8. The highest BCUT2D eigenvalue weighted by molar-refractivity contribution is 7.80. The van der Waals surface area contributed by atoms with E-state index in [1.165, 1.54) is 12.1 Å². The van der Waals surface area contributed by atoms with Crippen molar-refractivity contribution < 1.29 is 9.13 Å². The molecule has 0 spiro atoms. The minimum atomic E-state index is -0.234. The number of halogens is 1. The second kappa shape index (κ2) is 9.03. The fraction of sp³-hybridized carbons (Fsp3) is 0.588. The Hall–Kier alpha value is -1.40. The van der Waals surface area contributed by atoms with Crippen molar-refractivity contribution in [2.24, 2.45) is 5.73 Å². The van der Waals surface area contributed by atoms with Gasteiger partial charge in [-0.3, -0.25) is 0 Å². The molecular weight excluding hydrogens is 313 g/mol. The molecule has 2 rings (SSSR count). The summed E-state index contributed by atoms with van der Waals surface area (Å²) in [6, 6.07) is 6.65. The molecule has 1 heterocycles. The molecule has 0 radical (unpaired) electrons. The number of unbranched alkanes of at least 4 members (excludes halogenated alkanes) is 1. The monoisotopic (exact) mass is 339 g/mol. The number of thiocarbonyl (C=S) groups is 1. The first-order valence-corrected chi connectivity index (χ1v) is 8.60. The summed E-state index contributed by atoms with van der Waals surface area (Å²) in [4.78, 5) is 4.50. The van der Waals surface area contributed by atoms with Gasteiger partial charge in [-0.2, -0.15) is 0 Å². The number of ether oxygens (including phenoxy) is 1. The van der Waals surface area contributed by atoms with Crippen molar-refractivity contribution in [1.82, 2.24) is 9.80 Å². The molecule has 0 aromatic heterocycles. The van der Waals surface area contributed by atoms with E-state index in [0.29, 0.717) is 17.8 Å². The SMILES string of the molecule is CN(C(N)=S)C1CCN(CCCCOc2ccc(F)cc2)CC1. The Labute approximate surface area is 143 Å². The van der Waals surface area contributed by atoms with E-state index in [4.69, 9.17) is 22.7 Å². The molecule has 0 saturated carbocycles. The lowest BCUT2D eigenvalue weighted by Gasteiger charge is -2.37. The first-order chi connectivity index (χ1) is 11.1. The second-order valence-electron chi connectivity index (χ2n) is 6.03. The molecule has 23 heavy (non-hydrogen) atoms. The Morgan fingerprint density at radius 2 is 1.96 bits per heavy atom. The first-order valence-electron chi connectivity index (χ1n) is 8.19. The number of rotatable bonds is 7. The number of hydrogen-bond donors (Lipinski definition) is 1. The molecule has 2 N–H and O–H groups in total. The number of hydrogen-bond acceptors (Lipinski definition) is 3. The molecule has 0 unspecified atom stereocenters. The number of likely N-dealkylation sites (tertiary alicyclic amines) is 1. The largest absolute Gasteiger partial charge is 0.494 e. The number of nitrogens with two attached hydrogens (primary N) is 1. The Bertz CT molecular complexity index is 489. The van der Waals surface area contributed by atoms with Crippen LogP contribution in [0.15, 0.2) is 24.3 Å². The van der Waals surface area contributed by atoms with Crippen molar-refractivity contribution >= 4 is 17.3 Å². The molecule has 0 bridgehead atoms. The van der Waals surface area contributed by atoms with Crippen LogP contribution in [0.3, 0.4) is 0 Å². The van der Waals surface area contributed by atoms with Gasteiger partial charge >= 0.3 is 0 Å². The average Bonchev–Trinajstić information content (AvgIpc) is 2.56. The highest BCUT2D eigenvalue weighted by Crippen LogP contribution is 2.16. The molecule has 0 atom stereocenters. The van der Waals surface area contributed by atoms with Crippen LogP contribution in [0.5, 0.6) is 5.75 Å². The summed E-state index contributed by atoms with van der Waals surface area (Å²) >= 11 is 5.03. The van der Waals surface area contributed by atoms with Crippen molar-refractivity contribution in [2.45, 2.75) is 31.7 Å². The zero-order chi connectivity index (χ0) is 16.7. The molecule has 1 saturated heterocycles. The van der Waals surface area contributed by atoms with Crippen molar-refractivity contribution in [3.8, 4) is 5.75 Å². The van der Waals surface area contributed by atoms with Crippen LogP contribution in [-0.4, -0.2) is 54.2 Å². The maximum absolute atomic E-state index is 12.8. The summed E-state index contributed by atoms with van der Waals surface area (Å²) in [6.07, 6.45) is 4.33. The molecule has 1 aromatic carbocycles. The van der Waals surface area contributed by atoms with Gasteiger partial charge in [0.05, 0.1) is 6.61 Å². The van der Waals surface area contributed by atoms with E-state index in [1.807, 2.05) is 11.9 Å². The predicted molar refractivity (Wildman–Crippen MR) is 95.1 cm³/mol. The van der Waals surface area contributed by atoms with Gasteiger partial charge in [0.2, 0.25) is 0 Å². The third kappa shape index (κ3) is 5.95. The lowest BCUT2D eigenvalue weighted by Crippen LogP contribution is -2.47. The highest BCUT2D eigenvalue weighted by atomic mass is 32.1. The van der Waals surface area contributed by atoms with E-state index in [2.05, 4.69) is 4.90 Å². The van der Waals surface area contributed by atoms with Gasteiger partial charge in [0.15, 0.2) is 5.11 Å². The molecular formula is C17H26FN3OS. The normalized spacial score (nSPS) is 16.3. The highest BCUT2D eigenvalue weighted by Gasteiger charge is 2.22. The van der Waals surface area contributed by atoms with E-state index in [1.54, 1.807) is 12.1 Å². The molecule has 1 aromatic rings. The zero-order valence-electron chi connectivity index (χ0n) is 13.7. The van der Waals surface area contributed by atoms with Gasteiger partial charge in [0.1, 0.15) is 11.6 Å². The van der Waals surface area contributed by atoms with Crippen LogP contribution in [0.2, 0.25) is 0 Å². The Morgan fingerprint density at radius 1 is 1.30 bits per heavy atom. The third-order valence-corrected chi connectivity index (χ3v) is 4.69. The summed E-state index contributed by atoms with van der Waals surface area (Å²) in [5.41, 5.74) is 5.68. The third-order valence-electron chi connectivity index (χ3n) is 4.40. The molecule has 1 aliphatic rings. The first kappa shape index (κ1) is 17.9. The van der Waals surface area contributed by atoms with Crippen LogP contribution in [-0.2, 0) is 0 Å². The Balaban J connectivity index is 1.55. The van der Waals surface area contributed by atoms with Crippen molar-refractivity contribution in [3.63, 3.8) is 0 Å². The molecule has 0 amide bonds. The van der Waals surface area contributed by atoms with Crippen molar-refractivity contribution in [3.05, 3.63) is 30.1 Å². The van der Waals surface area contributed by atoms with E-state index in [-0.39, 0.29) is 5.82 Å². The van der Waals surface area contributed by atoms with Crippen LogP contribution < -0.4 is 10.5 Å². The van der Waals surface area contributed by atoms with Gasteiger partial charge in [0.25, 0.3) is 0 Å². The van der Waals surface area contributed by atoms with E-state index >= 15 is 0 Å². The minimum absolute atomic E-state index is 0.234. The summed E-state index contributed by atoms with van der Waals surface area (Å²) in [6.45, 7) is 3.95. The zero-order valence-corrected chi connectivity index (χ0v) is 14.5. The Morgan fingerprint density at radius 3 is 2.57 bits per heavy atom. The second-order valence-corrected chi connectivity index (χ2v) is 6.45. The quantitative estimate of drug-likeness (QED) is 0.611. The van der Waals surface area contributed by atoms with E-state index in [9.17, 15) is 4.39 Å². The van der Waals surface area contributed by atoms with Gasteiger partial charge < -0.3 is 20.3 Å². The molecule has 128 valence electrons. The van der Waals surface area contributed by atoms with Crippen LogP contribution in [0.25, 0.3) is 0 Å². The topological polar surface area (TPSA) is 41.7 Å². The smallest absolute Gasteiger partial charge is 0.166 e. The predicted octanol–water partition coefficient (Wildman–Crippen LogP) is 2.62. The van der Waals surface area contributed by atoms with Crippen LogP contribution >= 0.6 is 12.2 Å². The molecule has 6 heteroatoms. The maximum Gasteiger partial charge on any atom is 0.166 e. The average molecular weight is 339 g/mol. The fourth-order valence-electron chi connectivity index (χ4n) is 2.87. The van der Waals surface area contributed by atoms with E-state index in [0.717, 1.165) is 51.1 Å². The molecule has 1 aliphatic heterocycles. The van der Waals surface area contributed by atoms with E-state index < -0.39 is 0 Å². The molecule has 4 nitrogen and oxygen atoms in total. The summed E-state index contributed by atoms with van der Waals surface area (Å²) in [7, 11) is 1.98. The van der Waals surface area contributed by atoms with Gasteiger partial charge in [-0.25, -0.2) is 4.39 Å².